The second kappa shape index (κ2) is 4.83. The van der Waals surface area contributed by atoms with Gasteiger partial charge in [0, 0.05) is 25.5 Å². The molecule has 0 saturated carbocycles. The minimum atomic E-state index is -0.568. The van der Waals surface area contributed by atoms with Crippen LogP contribution in [0.2, 0.25) is 0 Å². The van der Waals surface area contributed by atoms with Crippen molar-refractivity contribution in [1.29, 1.82) is 0 Å². The molecule has 7 nitrogen and oxygen atoms in total. The van der Waals surface area contributed by atoms with Crippen molar-refractivity contribution in [2.75, 3.05) is 17.6 Å². The standard InChI is InChI=1S/C9H12N6OS/c10-7-6(8(11)16)9(17-14-7)13-2-4-15-3-1-12-5-15/h1,3,5,13H,2,4H2,(H2,10,14)(H2,11,16). The van der Waals surface area contributed by atoms with E-state index in [1.807, 2.05) is 10.8 Å². The van der Waals surface area contributed by atoms with Gasteiger partial charge in [-0.05, 0) is 11.5 Å². The molecule has 0 aliphatic carbocycles. The maximum atomic E-state index is 11.1. The van der Waals surface area contributed by atoms with Crippen molar-refractivity contribution in [3.63, 3.8) is 0 Å². The van der Waals surface area contributed by atoms with Gasteiger partial charge in [0.1, 0.15) is 10.6 Å². The molecule has 2 aromatic rings. The molecule has 2 rings (SSSR count). The van der Waals surface area contributed by atoms with Crippen molar-refractivity contribution < 1.29 is 4.79 Å². The van der Waals surface area contributed by atoms with E-state index < -0.39 is 5.91 Å². The second-order valence-corrected chi connectivity index (χ2v) is 4.14. The SMILES string of the molecule is NC(=O)c1c(N)nsc1NCCn1ccnc1. The van der Waals surface area contributed by atoms with Gasteiger partial charge in [-0.25, -0.2) is 4.98 Å². The van der Waals surface area contributed by atoms with E-state index in [4.69, 9.17) is 11.5 Å². The van der Waals surface area contributed by atoms with Gasteiger partial charge in [0.25, 0.3) is 5.91 Å². The number of anilines is 2. The predicted molar refractivity (Wildman–Crippen MR) is 65.8 cm³/mol. The predicted octanol–water partition coefficient (Wildman–Crippen LogP) is 0.133. The van der Waals surface area contributed by atoms with Gasteiger partial charge < -0.3 is 21.4 Å². The van der Waals surface area contributed by atoms with E-state index in [0.717, 1.165) is 18.1 Å². The Morgan fingerprint density at radius 2 is 2.41 bits per heavy atom. The van der Waals surface area contributed by atoms with Gasteiger partial charge in [0.05, 0.1) is 6.33 Å². The monoisotopic (exact) mass is 252 g/mol. The van der Waals surface area contributed by atoms with Gasteiger partial charge in [-0.2, -0.15) is 4.37 Å². The number of amides is 1. The molecular formula is C9H12N6OS. The molecule has 8 heteroatoms. The quantitative estimate of drug-likeness (QED) is 0.700. The molecule has 0 bridgehead atoms. The van der Waals surface area contributed by atoms with E-state index in [1.54, 1.807) is 12.5 Å². The number of nitrogens with two attached hydrogens (primary N) is 2. The smallest absolute Gasteiger partial charge is 0.255 e. The topological polar surface area (TPSA) is 112 Å². The molecule has 0 atom stereocenters. The highest BCUT2D eigenvalue weighted by molar-refractivity contribution is 7.11. The lowest BCUT2D eigenvalue weighted by Crippen LogP contribution is -2.16. The number of hydrogen-bond acceptors (Lipinski definition) is 6. The number of nitrogens with zero attached hydrogens (tertiary/aromatic N) is 3. The largest absolute Gasteiger partial charge is 0.382 e. The fraction of sp³-hybridized carbons (Fsp3) is 0.222. The summed E-state index contributed by atoms with van der Waals surface area (Å²) < 4.78 is 5.81. The van der Waals surface area contributed by atoms with Gasteiger partial charge in [0.2, 0.25) is 0 Å². The first kappa shape index (κ1) is 11.4. The number of carbonyl (C=O) groups is 1. The van der Waals surface area contributed by atoms with Crippen molar-refractivity contribution in [3.8, 4) is 0 Å². The van der Waals surface area contributed by atoms with Crippen molar-refractivity contribution >= 4 is 28.3 Å². The molecular weight excluding hydrogens is 240 g/mol. The molecule has 2 heterocycles. The lowest BCUT2D eigenvalue weighted by Gasteiger charge is -2.05. The number of hydrogen-bond donors (Lipinski definition) is 3. The summed E-state index contributed by atoms with van der Waals surface area (Å²) in [6.45, 7) is 1.37. The Morgan fingerprint density at radius 3 is 3.06 bits per heavy atom. The van der Waals surface area contributed by atoms with E-state index in [9.17, 15) is 4.79 Å². The molecule has 0 unspecified atom stereocenters. The summed E-state index contributed by atoms with van der Waals surface area (Å²) in [6, 6.07) is 0. The fourth-order valence-electron chi connectivity index (χ4n) is 1.38. The van der Waals surface area contributed by atoms with Crippen LogP contribution >= 0.6 is 11.5 Å². The highest BCUT2D eigenvalue weighted by Crippen LogP contribution is 2.25. The molecule has 0 radical (unpaired) electrons. The Morgan fingerprint density at radius 1 is 1.59 bits per heavy atom. The second-order valence-electron chi connectivity index (χ2n) is 3.36. The maximum absolute atomic E-state index is 11.1. The van der Waals surface area contributed by atoms with E-state index in [0.29, 0.717) is 11.5 Å². The van der Waals surface area contributed by atoms with Gasteiger partial charge >= 0.3 is 0 Å². The molecule has 0 aliphatic rings. The van der Waals surface area contributed by atoms with Gasteiger partial charge in [-0.15, -0.1) is 0 Å². The fourth-order valence-corrected chi connectivity index (χ4v) is 2.12. The average molecular weight is 252 g/mol. The summed E-state index contributed by atoms with van der Waals surface area (Å²) in [5, 5.41) is 3.69. The van der Waals surface area contributed by atoms with Crippen LogP contribution in [0.1, 0.15) is 10.4 Å². The minimum absolute atomic E-state index is 0.174. The summed E-state index contributed by atoms with van der Waals surface area (Å²) in [4.78, 5) is 15.1. The summed E-state index contributed by atoms with van der Waals surface area (Å²) in [6.07, 6.45) is 5.29. The van der Waals surface area contributed by atoms with E-state index in [2.05, 4.69) is 14.7 Å². The third-order valence-corrected chi connectivity index (χ3v) is 3.00. The summed E-state index contributed by atoms with van der Waals surface area (Å²) in [5.74, 6) is -0.394. The number of nitrogen functional groups attached to an aromatic ring is 1. The maximum Gasteiger partial charge on any atom is 0.255 e. The Labute approximate surface area is 102 Å². The van der Waals surface area contributed by atoms with Gasteiger partial charge in [0.15, 0.2) is 5.82 Å². The Balaban J connectivity index is 1.97. The number of carbonyl (C=O) groups excluding carboxylic acids is 1. The molecule has 0 aromatic carbocycles. The number of nitrogens with one attached hydrogen (secondary N) is 1. The molecule has 2 aromatic heterocycles. The van der Waals surface area contributed by atoms with Crippen molar-refractivity contribution in [3.05, 3.63) is 24.3 Å². The lowest BCUT2D eigenvalue weighted by atomic mass is 10.3. The Bertz CT molecular complexity index is 506. The van der Waals surface area contributed by atoms with Crippen molar-refractivity contribution in [2.24, 2.45) is 5.73 Å². The van der Waals surface area contributed by atoms with Crippen LogP contribution in [0.5, 0.6) is 0 Å². The first-order chi connectivity index (χ1) is 8.18. The molecule has 0 fully saturated rings. The van der Waals surface area contributed by atoms with E-state index >= 15 is 0 Å². The molecule has 0 saturated heterocycles. The van der Waals surface area contributed by atoms with Crippen LogP contribution in [0.3, 0.4) is 0 Å². The first-order valence-corrected chi connectivity index (χ1v) is 5.70. The number of primary amides is 1. The Kier molecular flexibility index (Phi) is 3.24. The van der Waals surface area contributed by atoms with Crippen LogP contribution in [-0.4, -0.2) is 26.4 Å². The van der Waals surface area contributed by atoms with E-state index in [1.165, 1.54) is 0 Å². The van der Waals surface area contributed by atoms with Gasteiger partial charge in [-0.3, -0.25) is 4.79 Å². The van der Waals surface area contributed by atoms with Crippen molar-refractivity contribution in [1.82, 2.24) is 13.9 Å². The summed E-state index contributed by atoms with van der Waals surface area (Å²) in [5.41, 5.74) is 11.0. The van der Waals surface area contributed by atoms with Crippen LogP contribution < -0.4 is 16.8 Å². The van der Waals surface area contributed by atoms with E-state index in [-0.39, 0.29) is 11.4 Å². The summed E-state index contributed by atoms with van der Waals surface area (Å²) in [7, 11) is 0. The van der Waals surface area contributed by atoms with Crippen LogP contribution in [0.4, 0.5) is 10.8 Å². The minimum Gasteiger partial charge on any atom is -0.382 e. The van der Waals surface area contributed by atoms with Gasteiger partial charge in [-0.1, -0.05) is 0 Å². The normalized spacial score (nSPS) is 10.4. The molecule has 0 spiro atoms. The molecule has 0 aliphatic heterocycles. The molecule has 1 amide bonds. The van der Waals surface area contributed by atoms with Crippen LogP contribution in [-0.2, 0) is 6.54 Å². The zero-order valence-corrected chi connectivity index (χ0v) is 9.78. The van der Waals surface area contributed by atoms with Crippen LogP contribution in [0.15, 0.2) is 18.7 Å². The lowest BCUT2D eigenvalue weighted by molar-refractivity contribution is 0.100. The van der Waals surface area contributed by atoms with Crippen LogP contribution in [0, 0.1) is 0 Å². The molecule has 17 heavy (non-hydrogen) atoms. The zero-order valence-electron chi connectivity index (χ0n) is 8.96. The molecule has 5 N–H and O–H groups in total. The first-order valence-electron chi connectivity index (χ1n) is 4.93. The Hall–Kier alpha value is -2.09. The number of imidazole rings is 1. The number of aromatic nitrogens is 3. The number of rotatable bonds is 5. The summed E-state index contributed by atoms with van der Waals surface area (Å²) >= 11 is 1.13. The highest BCUT2D eigenvalue weighted by atomic mass is 32.1. The zero-order chi connectivity index (χ0) is 12.3. The third-order valence-electron chi connectivity index (χ3n) is 2.18. The molecule has 90 valence electrons. The highest BCUT2D eigenvalue weighted by Gasteiger charge is 2.15. The third kappa shape index (κ3) is 2.53. The van der Waals surface area contributed by atoms with Crippen molar-refractivity contribution in [2.45, 2.75) is 6.54 Å². The van der Waals surface area contributed by atoms with Crippen LogP contribution in [0.25, 0.3) is 0 Å². The average Bonchev–Trinajstić information content (AvgIpc) is 2.88.